The molecule has 1 aliphatic rings. The Bertz CT molecular complexity index is 872. The maximum atomic E-state index is 11.0. The first-order chi connectivity index (χ1) is 11.7. The minimum absolute atomic E-state index is 0.636. The third-order valence-corrected chi connectivity index (χ3v) is 5.20. The SMILES string of the molecule is OC1(c2ccccc2Cl)CCN(c2ccc3ccccc3n2)CC1. The van der Waals surface area contributed by atoms with Crippen LogP contribution in [0, 0.1) is 0 Å². The van der Waals surface area contributed by atoms with E-state index in [1.54, 1.807) is 0 Å². The van der Waals surface area contributed by atoms with Crippen molar-refractivity contribution in [1.82, 2.24) is 4.98 Å². The van der Waals surface area contributed by atoms with E-state index in [9.17, 15) is 5.11 Å². The number of benzene rings is 2. The van der Waals surface area contributed by atoms with Gasteiger partial charge < -0.3 is 10.0 Å². The highest BCUT2D eigenvalue weighted by Gasteiger charge is 2.35. The molecule has 0 saturated carbocycles. The predicted octanol–water partition coefficient (Wildman–Crippen LogP) is 4.38. The number of pyridine rings is 1. The molecule has 0 amide bonds. The van der Waals surface area contributed by atoms with Gasteiger partial charge in [0.15, 0.2) is 0 Å². The number of piperidine rings is 1. The summed E-state index contributed by atoms with van der Waals surface area (Å²) in [5.41, 5.74) is 0.978. The second kappa shape index (κ2) is 6.08. The number of hydrogen-bond donors (Lipinski definition) is 1. The smallest absolute Gasteiger partial charge is 0.129 e. The molecule has 1 saturated heterocycles. The molecule has 4 rings (SSSR count). The first-order valence-electron chi connectivity index (χ1n) is 8.24. The largest absolute Gasteiger partial charge is 0.385 e. The van der Waals surface area contributed by atoms with Crippen molar-refractivity contribution in [2.75, 3.05) is 18.0 Å². The summed E-state index contributed by atoms with van der Waals surface area (Å²) in [4.78, 5) is 6.99. The molecule has 2 heterocycles. The zero-order valence-electron chi connectivity index (χ0n) is 13.3. The number of aliphatic hydroxyl groups is 1. The van der Waals surface area contributed by atoms with Gasteiger partial charge in [-0.25, -0.2) is 4.98 Å². The van der Waals surface area contributed by atoms with Gasteiger partial charge in [0, 0.05) is 29.1 Å². The molecule has 1 aliphatic heterocycles. The van der Waals surface area contributed by atoms with E-state index >= 15 is 0 Å². The summed E-state index contributed by atoms with van der Waals surface area (Å²) in [5.74, 6) is 0.968. The van der Waals surface area contributed by atoms with Gasteiger partial charge in [-0.05, 0) is 37.1 Å². The molecule has 0 aliphatic carbocycles. The quantitative estimate of drug-likeness (QED) is 0.753. The fourth-order valence-electron chi connectivity index (χ4n) is 3.45. The molecule has 4 heteroatoms. The lowest BCUT2D eigenvalue weighted by Gasteiger charge is -2.39. The van der Waals surface area contributed by atoms with E-state index in [1.165, 1.54) is 0 Å². The van der Waals surface area contributed by atoms with Crippen LogP contribution in [0.5, 0.6) is 0 Å². The van der Waals surface area contributed by atoms with Crippen LogP contribution in [0.4, 0.5) is 5.82 Å². The molecule has 0 bridgehead atoms. The standard InChI is InChI=1S/C20H19ClN2O/c21-17-7-3-2-6-16(17)20(24)11-13-23(14-12-20)19-10-9-15-5-1-4-8-18(15)22-19/h1-10,24H,11-14H2. The molecule has 0 radical (unpaired) electrons. The van der Waals surface area contributed by atoms with E-state index in [0.29, 0.717) is 17.9 Å². The third-order valence-electron chi connectivity index (χ3n) is 4.87. The Morgan fingerprint density at radius 3 is 2.42 bits per heavy atom. The van der Waals surface area contributed by atoms with Crippen molar-refractivity contribution >= 4 is 28.3 Å². The summed E-state index contributed by atoms with van der Waals surface area (Å²) in [7, 11) is 0. The number of aromatic nitrogens is 1. The molecule has 0 atom stereocenters. The second-order valence-electron chi connectivity index (χ2n) is 6.36. The monoisotopic (exact) mass is 338 g/mol. The van der Waals surface area contributed by atoms with Crippen LogP contribution in [0.3, 0.4) is 0 Å². The van der Waals surface area contributed by atoms with Gasteiger partial charge in [0.05, 0.1) is 11.1 Å². The van der Waals surface area contributed by atoms with Crippen LogP contribution in [0.1, 0.15) is 18.4 Å². The van der Waals surface area contributed by atoms with Crippen LogP contribution < -0.4 is 4.90 Å². The van der Waals surface area contributed by atoms with Crippen molar-refractivity contribution in [2.45, 2.75) is 18.4 Å². The van der Waals surface area contributed by atoms with Gasteiger partial charge in [0.25, 0.3) is 0 Å². The molecule has 1 aromatic heterocycles. The van der Waals surface area contributed by atoms with E-state index in [0.717, 1.165) is 35.4 Å². The van der Waals surface area contributed by atoms with Crippen molar-refractivity contribution in [3.63, 3.8) is 0 Å². The summed E-state index contributed by atoms with van der Waals surface area (Å²) in [6, 6.07) is 19.9. The number of rotatable bonds is 2. The fourth-order valence-corrected chi connectivity index (χ4v) is 3.76. The summed E-state index contributed by atoms with van der Waals surface area (Å²) >= 11 is 6.28. The second-order valence-corrected chi connectivity index (χ2v) is 6.77. The van der Waals surface area contributed by atoms with Gasteiger partial charge in [-0.3, -0.25) is 0 Å². The summed E-state index contributed by atoms with van der Waals surface area (Å²) in [6.45, 7) is 1.51. The lowest BCUT2D eigenvalue weighted by Crippen LogP contribution is -2.43. The molecule has 3 nitrogen and oxygen atoms in total. The summed E-state index contributed by atoms with van der Waals surface area (Å²) in [6.07, 6.45) is 1.29. The van der Waals surface area contributed by atoms with E-state index in [1.807, 2.05) is 42.5 Å². The summed E-state index contributed by atoms with van der Waals surface area (Å²) < 4.78 is 0. The molecule has 0 unspecified atom stereocenters. The minimum atomic E-state index is -0.855. The number of anilines is 1. The third kappa shape index (κ3) is 2.74. The number of hydrogen-bond acceptors (Lipinski definition) is 3. The lowest BCUT2D eigenvalue weighted by atomic mass is 9.84. The maximum Gasteiger partial charge on any atom is 0.129 e. The van der Waals surface area contributed by atoms with E-state index in [4.69, 9.17) is 16.6 Å². The average Bonchev–Trinajstić information content (AvgIpc) is 2.62. The molecular weight excluding hydrogens is 320 g/mol. The summed E-state index contributed by atoms with van der Waals surface area (Å²) in [5, 5.41) is 12.8. The number of halogens is 1. The Labute approximate surface area is 146 Å². The van der Waals surface area contributed by atoms with Crippen molar-refractivity contribution in [3.8, 4) is 0 Å². The first-order valence-corrected chi connectivity index (χ1v) is 8.62. The van der Waals surface area contributed by atoms with Crippen molar-refractivity contribution in [1.29, 1.82) is 0 Å². The molecule has 1 N–H and O–H groups in total. The zero-order valence-corrected chi connectivity index (χ0v) is 14.1. The van der Waals surface area contributed by atoms with Crippen LogP contribution in [0.15, 0.2) is 60.7 Å². The van der Waals surface area contributed by atoms with Gasteiger partial charge in [0.1, 0.15) is 5.82 Å². The molecular formula is C20H19ClN2O. The molecule has 2 aromatic carbocycles. The molecule has 1 fully saturated rings. The van der Waals surface area contributed by atoms with Crippen molar-refractivity contribution < 1.29 is 5.11 Å². The Balaban J connectivity index is 1.56. The van der Waals surface area contributed by atoms with Gasteiger partial charge in [-0.15, -0.1) is 0 Å². The highest BCUT2D eigenvalue weighted by atomic mass is 35.5. The van der Waals surface area contributed by atoms with Gasteiger partial charge >= 0.3 is 0 Å². The van der Waals surface area contributed by atoms with Crippen molar-refractivity contribution in [2.24, 2.45) is 0 Å². The Kier molecular flexibility index (Phi) is 3.91. The first kappa shape index (κ1) is 15.4. The Morgan fingerprint density at radius 1 is 0.917 bits per heavy atom. The van der Waals surface area contributed by atoms with Crippen LogP contribution in [-0.2, 0) is 5.60 Å². The lowest BCUT2D eigenvalue weighted by molar-refractivity contribution is 0.0118. The number of nitrogens with zero attached hydrogens (tertiary/aromatic N) is 2. The van der Waals surface area contributed by atoms with Gasteiger partial charge in [-0.2, -0.15) is 0 Å². The van der Waals surface area contributed by atoms with Crippen molar-refractivity contribution in [3.05, 3.63) is 71.2 Å². The van der Waals surface area contributed by atoms with E-state index in [2.05, 4.69) is 23.1 Å². The van der Waals surface area contributed by atoms with Crippen LogP contribution >= 0.6 is 11.6 Å². The normalized spacial score (nSPS) is 17.2. The average molecular weight is 339 g/mol. The topological polar surface area (TPSA) is 36.4 Å². The molecule has 3 aromatic rings. The maximum absolute atomic E-state index is 11.0. The fraction of sp³-hybridized carbons (Fsp3) is 0.250. The predicted molar refractivity (Wildman–Crippen MR) is 98.5 cm³/mol. The molecule has 24 heavy (non-hydrogen) atoms. The Morgan fingerprint density at radius 2 is 1.62 bits per heavy atom. The van der Waals surface area contributed by atoms with Gasteiger partial charge in [0.2, 0.25) is 0 Å². The van der Waals surface area contributed by atoms with E-state index < -0.39 is 5.60 Å². The minimum Gasteiger partial charge on any atom is -0.385 e. The van der Waals surface area contributed by atoms with E-state index in [-0.39, 0.29) is 0 Å². The Hall–Kier alpha value is -2.10. The highest BCUT2D eigenvalue weighted by Crippen LogP contribution is 2.37. The zero-order chi connectivity index (χ0) is 16.6. The van der Waals surface area contributed by atoms with Gasteiger partial charge in [-0.1, -0.05) is 48.0 Å². The molecule has 122 valence electrons. The number of para-hydroxylation sites is 1. The highest BCUT2D eigenvalue weighted by molar-refractivity contribution is 6.31. The van der Waals surface area contributed by atoms with Crippen LogP contribution in [0.25, 0.3) is 10.9 Å². The van der Waals surface area contributed by atoms with Crippen LogP contribution in [-0.4, -0.2) is 23.2 Å². The number of fused-ring (bicyclic) bond motifs is 1. The van der Waals surface area contributed by atoms with Crippen LogP contribution in [0.2, 0.25) is 5.02 Å². The molecule has 0 spiro atoms.